The molecule has 2 aromatic rings. The zero-order chi connectivity index (χ0) is 21.4. The van der Waals surface area contributed by atoms with E-state index in [2.05, 4.69) is 23.5 Å². The minimum absolute atomic E-state index is 0.0821. The maximum absolute atomic E-state index is 15.0. The van der Waals surface area contributed by atoms with E-state index in [9.17, 15) is 4.79 Å². The first-order chi connectivity index (χ1) is 13.8. The van der Waals surface area contributed by atoms with Crippen molar-refractivity contribution >= 4 is 44.2 Å². The summed E-state index contributed by atoms with van der Waals surface area (Å²) >= 11 is 1.22. The van der Waals surface area contributed by atoms with E-state index in [0.717, 1.165) is 31.5 Å². The van der Waals surface area contributed by atoms with Gasteiger partial charge in [-0.2, -0.15) is 0 Å². The average Bonchev–Trinajstić information content (AvgIpc) is 2.67. The molecule has 1 aromatic heterocycles. The predicted molar refractivity (Wildman–Crippen MR) is 122 cm³/mol. The molecule has 1 aromatic carbocycles. The van der Waals surface area contributed by atoms with E-state index in [1.165, 1.54) is 18.0 Å². The lowest BCUT2D eigenvalue weighted by Crippen LogP contribution is -2.34. The molecule has 5 nitrogen and oxygen atoms in total. The fourth-order valence-electron chi connectivity index (χ4n) is 2.92. The van der Waals surface area contributed by atoms with E-state index in [-0.39, 0.29) is 18.3 Å². The quantitative estimate of drug-likeness (QED) is 0.314. The molecule has 0 saturated carbocycles. The van der Waals surface area contributed by atoms with E-state index < -0.39 is 5.82 Å². The molecule has 0 bridgehead atoms. The average molecular weight is 415 g/mol. The lowest BCUT2D eigenvalue weighted by Gasteiger charge is -2.20. The minimum atomic E-state index is -0.574. The number of rotatable bonds is 10. The van der Waals surface area contributed by atoms with Gasteiger partial charge in [-0.05, 0) is 37.9 Å². The highest BCUT2D eigenvalue weighted by Gasteiger charge is 2.15. The van der Waals surface area contributed by atoms with Gasteiger partial charge in [-0.3, -0.25) is 15.1 Å². The second-order valence-corrected chi connectivity index (χ2v) is 8.02. The predicted octanol–water partition coefficient (Wildman–Crippen LogP) is 5.30. The molecule has 0 radical (unpaired) electrons. The van der Waals surface area contributed by atoms with Gasteiger partial charge >= 0.3 is 0 Å². The van der Waals surface area contributed by atoms with Crippen LogP contribution in [0.5, 0.6) is 0 Å². The molecular formula is C22H27FN4OS. The smallest absolute Gasteiger partial charge is 0.239 e. The largest absolute Gasteiger partial charge is 0.307 e. The molecule has 2 N–H and O–H groups in total. The minimum Gasteiger partial charge on any atom is -0.307 e. The molecule has 0 unspecified atom stereocenters. The van der Waals surface area contributed by atoms with E-state index in [0.29, 0.717) is 20.7 Å². The van der Waals surface area contributed by atoms with Gasteiger partial charge in [0.25, 0.3) is 0 Å². The van der Waals surface area contributed by atoms with Gasteiger partial charge in [-0.25, -0.2) is 9.37 Å². The van der Waals surface area contributed by atoms with Gasteiger partial charge in [0.2, 0.25) is 5.91 Å². The third kappa shape index (κ3) is 6.51. The van der Waals surface area contributed by atoms with Crippen LogP contribution in [0.1, 0.15) is 32.3 Å². The molecule has 0 aliphatic rings. The molecule has 0 atom stereocenters. The number of aromatic nitrogens is 1. The van der Waals surface area contributed by atoms with Crippen molar-refractivity contribution in [2.45, 2.75) is 26.7 Å². The van der Waals surface area contributed by atoms with Crippen molar-refractivity contribution in [3.63, 3.8) is 0 Å². The number of hydrogen-bond acceptors (Lipinski definition) is 5. The first-order valence-corrected chi connectivity index (χ1v) is 10.3. The standard InChI is InChI=1S/C22H27FN4OS/c1-5-7-11-27(10-6-2)14-20(28)26-22-21(23)19-12-17(15(3)29-16(4)24)8-9-18(19)13-25-22/h5,8-9,12-13,24H,1,3,6-7,10-11,14H2,2,4H3,(H,25,26,28). The third-order valence-corrected chi connectivity index (χ3v) is 5.03. The highest BCUT2D eigenvalue weighted by Crippen LogP contribution is 2.30. The first-order valence-electron chi connectivity index (χ1n) is 9.49. The van der Waals surface area contributed by atoms with Crippen LogP contribution in [0.15, 0.2) is 43.6 Å². The van der Waals surface area contributed by atoms with Gasteiger partial charge in [0, 0.05) is 28.4 Å². The second kappa shape index (κ2) is 10.9. The number of amides is 1. The summed E-state index contributed by atoms with van der Waals surface area (Å²) in [5, 5.41) is 11.6. The number of carbonyl (C=O) groups excluding carboxylic acids is 1. The molecule has 29 heavy (non-hydrogen) atoms. The maximum Gasteiger partial charge on any atom is 0.239 e. The highest BCUT2D eigenvalue weighted by atomic mass is 32.2. The van der Waals surface area contributed by atoms with Crippen LogP contribution < -0.4 is 5.32 Å². The van der Waals surface area contributed by atoms with Crippen molar-refractivity contribution < 1.29 is 9.18 Å². The summed E-state index contributed by atoms with van der Waals surface area (Å²) in [6.45, 7) is 13.1. The van der Waals surface area contributed by atoms with Crippen LogP contribution in [0.3, 0.4) is 0 Å². The summed E-state index contributed by atoms with van der Waals surface area (Å²) in [4.78, 5) is 19.2. The Labute approximate surface area is 175 Å². The zero-order valence-corrected chi connectivity index (χ0v) is 17.7. The molecule has 0 aliphatic carbocycles. The molecule has 0 fully saturated rings. The van der Waals surface area contributed by atoms with Crippen LogP contribution in [-0.4, -0.2) is 40.5 Å². The van der Waals surface area contributed by atoms with E-state index in [1.807, 2.05) is 24.0 Å². The van der Waals surface area contributed by atoms with E-state index in [1.54, 1.807) is 19.1 Å². The van der Waals surface area contributed by atoms with Gasteiger partial charge in [0.15, 0.2) is 11.6 Å². The number of pyridine rings is 1. The van der Waals surface area contributed by atoms with Gasteiger partial charge in [-0.1, -0.05) is 43.5 Å². The molecule has 0 saturated heterocycles. The Kier molecular flexibility index (Phi) is 8.54. The SMILES string of the molecule is C=CCCN(CCC)CC(=O)Nc1ncc2ccc(C(=C)SC(C)=N)cc2c1F. The number of anilines is 1. The molecule has 1 heterocycles. The fourth-order valence-corrected chi connectivity index (χ4v) is 3.53. The number of halogens is 1. The summed E-state index contributed by atoms with van der Waals surface area (Å²) in [5.74, 6) is -0.958. The number of nitrogens with zero attached hydrogens (tertiary/aromatic N) is 2. The van der Waals surface area contributed by atoms with Crippen LogP contribution in [0.2, 0.25) is 0 Å². The van der Waals surface area contributed by atoms with E-state index in [4.69, 9.17) is 5.41 Å². The molecule has 154 valence electrons. The topological polar surface area (TPSA) is 69.1 Å². The second-order valence-electron chi connectivity index (χ2n) is 6.71. The van der Waals surface area contributed by atoms with E-state index >= 15 is 4.39 Å². The lowest BCUT2D eigenvalue weighted by molar-refractivity contribution is -0.117. The summed E-state index contributed by atoms with van der Waals surface area (Å²) in [6, 6.07) is 5.26. The van der Waals surface area contributed by atoms with Crippen LogP contribution in [-0.2, 0) is 4.79 Å². The number of nitrogens with one attached hydrogen (secondary N) is 2. The number of benzene rings is 1. The van der Waals surface area contributed by atoms with Crippen molar-refractivity contribution in [1.82, 2.24) is 9.88 Å². The fraction of sp³-hybridized carbons (Fsp3) is 0.318. The number of carbonyl (C=O) groups is 1. The highest BCUT2D eigenvalue weighted by molar-refractivity contribution is 8.21. The van der Waals surface area contributed by atoms with Crippen molar-refractivity contribution in [2.75, 3.05) is 25.0 Å². The van der Waals surface area contributed by atoms with Crippen molar-refractivity contribution in [3.05, 3.63) is 55.0 Å². The van der Waals surface area contributed by atoms with Crippen molar-refractivity contribution in [3.8, 4) is 0 Å². The van der Waals surface area contributed by atoms with Gasteiger partial charge < -0.3 is 5.32 Å². The molecule has 7 heteroatoms. The molecule has 1 amide bonds. The summed E-state index contributed by atoms with van der Waals surface area (Å²) in [5.41, 5.74) is 0.732. The van der Waals surface area contributed by atoms with Crippen molar-refractivity contribution in [1.29, 1.82) is 5.41 Å². The Hall–Kier alpha value is -2.51. The third-order valence-electron chi connectivity index (χ3n) is 4.24. The van der Waals surface area contributed by atoms with Crippen molar-refractivity contribution in [2.24, 2.45) is 0 Å². The van der Waals surface area contributed by atoms with Crippen LogP contribution in [0, 0.1) is 11.2 Å². The summed E-state index contributed by atoms with van der Waals surface area (Å²) in [7, 11) is 0. The maximum atomic E-state index is 15.0. The van der Waals surface area contributed by atoms with Gasteiger partial charge in [0.1, 0.15) is 0 Å². The number of hydrogen-bond donors (Lipinski definition) is 2. The Morgan fingerprint density at radius 1 is 1.41 bits per heavy atom. The number of fused-ring (bicyclic) bond motifs is 1. The molecule has 0 aliphatic heterocycles. The molecule has 0 spiro atoms. The Morgan fingerprint density at radius 2 is 2.17 bits per heavy atom. The monoisotopic (exact) mass is 414 g/mol. The zero-order valence-electron chi connectivity index (χ0n) is 16.9. The Morgan fingerprint density at radius 3 is 2.83 bits per heavy atom. The Bertz CT molecular complexity index is 928. The first kappa shape index (κ1) is 22.8. The van der Waals surface area contributed by atoms with Crippen LogP contribution in [0.4, 0.5) is 10.2 Å². The summed E-state index contributed by atoms with van der Waals surface area (Å²) in [6.07, 6.45) is 5.06. The molecule has 2 rings (SSSR count). The normalized spacial score (nSPS) is 10.9. The Balaban J connectivity index is 2.21. The van der Waals surface area contributed by atoms with Gasteiger partial charge in [0.05, 0.1) is 11.6 Å². The van der Waals surface area contributed by atoms with Gasteiger partial charge in [-0.15, -0.1) is 6.58 Å². The number of thioether (sulfide) groups is 1. The lowest BCUT2D eigenvalue weighted by atomic mass is 10.1. The van der Waals surface area contributed by atoms with Crippen LogP contribution >= 0.6 is 11.8 Å². The molecular weight excluding hydrogens is 387 g/mol. The van der Waals surface area contributed by atoms with Crippen LogP contribution in [0.25, 0.3) is 15.7 Å². The summed E-state index contributed by atoms with van der Waals surface area (Å²) < 4.78 is 15.0.